The summed E-state index contributed by atoms with van der Waals surface area (Å²) in [5, 5.41) is 11.3. The number of anilines is 1. The number of rotatable bonds is 5. The van der Waals surface area contributed by atoms with Crippen molar-refractivity contribution < 1.29 is 14.7 Å². The Morgan fingerprint density at radius 2 is 2.12 bits per heavy atom. The van der Waals surface area contributed by atoms with Crippen LogP contribution in [-0.4, -0.2) is 23.5 Å². The predicted molar refractivity (Wildman–Crippen MR) is 63.4 cm³/mol. The number of benzene rings is 1. The van der Waals surface area contributed by atoms with Gasteiger partial charge in [0.15, 0.2) is 0 Å². The Morgan fingerprint density at radius 3 is 2.69 bits per heavy atom. The van der Waals surface area contributed by atoms with Gasteiger partial charge < -0.3 is 16.2 Å². The highest BCUT2D eigenvalue weighted by atomic mass is 79.9. The van der Waals surface area contributed by atoms with Crippen molar-refractivity contribution in [2.75, 3.05) is 11.9 Å². The molecule has 1 amide bonds. The molecule has 0 fully saturated rings. The van der Waals surface area contributed by atoms with E-state index < -0.39 is 11.9 Å². The summed E-state index contributed by atoms with van der Waals surface area (Å²) in [7, 11) is 0. The van der Waals surface area contributed by atoms with E-state index in [-0.39, 0.29) is 13.0 Å². The lowest BCUT2D eigenvalue weighted by atomic mass is 10.1. The van der Waals surface area contributed by atoms with Crippen molar-refractivity contribution in [2.45, 2.75) is 6.42 Å². The molecule has 0 bridgehead atoms. The van der Waals surface area contributed by atoms with Crippen molar-refractivity contribution in [3.63, 3.8) is 0 Å². The van der Waals surface area contributed by atoms with Gasteiger partial charge in [-0.15, -0.1) is 0 Å². The summed E-state index contributed by atoms with van der Waals surface area (Å²) < 4.78 is 0.787. The quantitative estimate of drug-likeness (QED) is 0.764. The first-order chi connectivity index (χ1) is 7.50. The number of carboxylic acid groups (broad SMARTS) is 1. The summed E-state index contributed by atoms with van der Waals surface area (Å²) in [6, 6.07) is 4.96. The van der Waals surface area contributed by atoms with Gasteiger partial charge in [0, 0.05) is 16.7 Å². The molecule has 0 unspecified atom stereocenters. The van der Waals surface area contributed by atoms with Gasteiger partial charge in [0.05, 0.1) is 12.0 Å². The molecule has 86 valence electrons. The molecular weight excluding hydrogens is 276 g/mol. The van der Waals surface area contributed by atoms with Crippen LogP contribution in [0.5, 0.6) is 0 Å². The first kappa shape index (κ1) is 12.5. The zero-order chi connectivity index (χ0) is 12.1. The summed E-state index contributed by atoms with van der Waals surface area (Å²) >= 11 is 3.26. The van der Waals surface area contributed by atoms with Gasteiger partial charge >= 0.3 is 5.97 Å². The van der Waals surface area contributed by atoms with Crippen LogP contribution in [0, 0.1) is 0 Å². The van der Waals surface area contributed by atoms with Crippen LogP contribution < -0.4 is 11.1 Å². The number of nitrogens with one attached hydrogen (secondary N) is 1. The van der Waals surface area contributed by atoms with Gasteiger partial charge in [0.2, 0.25) is 0 Å². The molecule has 0 aliphatic rings. The van der Waals surface area contributed by atoms with Crippen molar-refractivity contribution in [3.8, 4) is 0 Å². The third-order valence-electron chi connectivity index (χ3n) is 1.90. The second-order valence-corrected chi connectivity index (χ2v) is 4.04. The summed E-state index contributed by atoms with van der Waals surface area (Å²) in [5.41, 5.74) is 6.06. The fourth-order valence-corrected chi connectivity index (χ4v) is 1.54. The van der Waals surface area contributed by atoms with Crippen LogP contribution in [0.25, 0.3) is 0 Å². The standard InChI is InChI=1S/C10H11BrN2O3/c11-6-1-2-7(10(12)16)8(5-6)13-4-3-9(14)15/h1-2,5,13H,3-4H2,(H2,12,16)(H,14,15). The lowest BCUT2D eigenvalue weighted by Crippen LogP contribution is -2.15. The second kappa shape index (κ2) is 5.50. The number of carbonyl (C=O) groups is 2. The number of hydrogen-bond acceptors (Lipinski definition) is 3. The minimum atomic E-state index is -0.900. The van der Waals surface area contributed by atoms with E-state index in [0.29, 0.717) is 11.3 Å². The lowest BCUT2D eigenvalue weighted by Gasteiger charge is -2.09. The van der Waals surface area contributed by atoms with Crippen LogP contribution >= 0.6 is 15.9 Å². The molecule has 0 spiro atoms. The van der Waals surface area contributed by atoms with Crippen molar-refractivity contribution in [3.05, 3.63) is 28.2 Å². The van der Waals surface area contributed by atoms with E-state index in [4.69, 9.17) is 10.8 Å². The highest BCUT2D eigenvalue weighted by Gasteiger charge is 2.08. The molecule has 1 rings (SSSR count). The summed E-state index contributed by atoms with van der Waals surface area (Å²) in [4.78, 5) is 21.4. The van der Waals surface area contributed by atoms with E-state index >= 15 is 0 Å². The van der Waals surface area contributed by atoms with Gasteiger partial charge in [-0.3, -0.25) is 9.59 Å². The third kappa shape index (κ3) is 3.54. The molecule has 0 aliphatic carbocycles. The average Bonchev–Trinajstić information content (AvgIpc) is 2.16. The Kier molecular flexibility index (Phi) is 4.30. The van der Waals surface area contributed by atoms with Crippen molar-refractivity contribution in [2.24, 2.45) is 5.73 Å². The molecular formula is C10H11BrN2O3. The van der Waals surface area contributed by atoms with E-state index in [1.165, 1.54) is 0 Å². The van der Waals surface area contributed by atoms with Gasteiger partial charge in [-0.1, -0.05) is 15.9 Å². The van der Waals surface area contributed by atoms with Crippen LogP contribution in [0.15, 0.2) is 22.7 Å². The third-order valence-corrected chi connectivity index (χ3v) is 2.39. The fraction of sp³-hybridized carbons (Fsp3) is 0.200. The molecule has 0 saturated heterocycles. The molecule has 1 aromatic carbocycles. The molecule has 4 N–H and O–H groups in total. The second-order valence-electron chi connectivity index (χ2n) is 3.12. The van der Waals surface area contributed by atoms with Gasteiger partial charge in [0.1, 0.15) is 0 Å². The Hall–Kier alpha value is -1.56. The number of aliphatic carboxylic acids is 1. The van der Waals surface area contributed by atoms with Gasteiger partial charge in [-0.2, -0.15) is 0 Å². The van der Waals surface area contributed by atoms with Crippen molar-refractivity contribution in [1.29, 1.82) is 0 Å². The lowest BCUT2D eigenvalue weighted by molar-refractivity contribution is -0.136. The van der Waals surface area contributed by atoms with Crippen LogP contribution in [0.3, 0.4) is 0 Å². The number of amides is 1. The van der Waals surface area contributed by atoms with Crippen LogP contribution in [-0.2, 0) is 4.79 Å². The smallest absolute Gasteiger partial charge is 0.305 e. The molecule has 0 aromatic heterocycles. The van der Waals surface area contributed by atoms with E-state index in [2.05, 4.69) is 21.2 Å². The molecule has 0 radical (unpaired) electrons. The topological polar surface area (TPSA) is 92.4 Å². The zero-order valence-corrected chi connectivity index (χ0v) is 9.95. The monoisotopic (exact) mass is 286 g/mol. The van der Waals surface area contributed by atoms with Crippen molar-refractivity contribution >= 4 is 33.5 Å². The maximum Gasteiger partial charge on any atom is 0.305 e. The number of carbonyl (C=O) groups excluding carboxylic acids is 1. The highest BCUT2D eigenvalue weighted by molar-refractivity contribution is 9.10. The van der Waals surface area contributed by atoms with Crippen molar-refractivity contribution in [1.82, 2.24) is 0 Å². The summed E-state index contributed by atoms with van der Waals surface area (Å²) in [5.74, 6) is -1.45. The average molecular weight is 287 g/mol. The molecule has 1 aromatic rings. The molecule has 0 atom stereocenters. The Bertz CT molecular complexity index is 421. The van der Waals surface area contributed by atoms with Crippen LogP contribution in [0.1, 0.15) is 16.8 Å². The number of carboxylic acids is 1. The van der Waals surface area contributed by atoms with Gasteiger partial charge in [-0.05, 0) is 18.2 Å². The minimum Gasteiger partial charge on any atom is -0.481 e. The molecule has 0 saturated carbocycles. The number of halogens is 1. The molecule has 5 nitrogen and oxygen atoms in total. The Morgan fingerprint density at radius 1 is 1.44 bits per heavy atom. The number of nitrogens with two attached hydrogens (primary N) is 1. The first-order valence-electron chi connectivity index (χ1n) is 4.55. The maximum atomic E-state index is 11.1. The Labute approximate surface area is 101 Å². The number of hydrogen-bond donors (Lipinski definition) is 3. The normalized spacial score (nSPS) is 9.81. The SMILES string of the molecule is NC(=O)c1ccc(Br)cc1NCCC(=O)O. The largest absolute Gasteiger partial charge is 0.481 e. The zero-order valence-electron chi connectivity index (χ0n) is 8.37. The van der Waals surface area contributed by atoms with E-state index in [1.807, 2.05) is 0 Å². The summed E-state index contributed by atoms with van der Waals surface area (Å²) in [6.45, 7) is 0.242. The van der Waals surface area contributed by atoms with E-state index in [9.17, 15) is 9.59 Å². The number of primary amides is 1. The molecule has 0 aliphatic heterocycles. The van der Waals surface area contributed by atoms with E-state index in [1.54, 1.807) is 18.2 Å². The fourth-order valence-electron chi connectivity index (χ4n) is 1.18. The van der Waals surface area contributed by atoms with Crippen LogP contribution in [0.4, 0.5) is 5.69 Å². The highest BCUT2D eigenvalue weighted by Crippen LogP contribution is 2.21. The predicted octanol–water partition coefficient (Wildman–Crippen LogP) is 1.43. The Balaban J connectivity index is 2.80. The summed E-state index contributed by atoms with van der Waals surface area (Å²) in [6.07, 6.45) is -0.0231. The maximum absolute atomic E-state index is 11.1. The minimum absolute atomic E-state index is 0.0231. The van der Waals surface area contributed by atoms with E-state index in [0.717, 1.165) is 4.47 Å². The first-order valence-corrected chi connectivity index (χ1v) is 5.35. The van der Waals surface area contributed by atoms with Gasteiger partial charge in [-0.25, -0.2) is 0 Å². The van der Waals surface area contributed by atoms with Crippen LogP contribution in [0.2, 0.25) is 0 Å². The molecule has 16 heavy (non-hydrogen) atoms. The molecule has 0 heterocycles. The van der Waals surface area contributed by atoms with Gasteiger partial charge in [0.25, 0.3) is 5.91 Å². The molecule has 6 heteroatoms.